The van der Waals surface area contributed by atoms with Gasteiger partial charge in [-0.1, -0.05) is 19.3 Å². The number of nitrogens with two attached hydrogens (primary N) is 1. The fourth-order valence-electron chi connectivity index (χ4n) is 2.81. The highest BCUT2D eigenvalue weighted by Gasteiger charge is 2.32. The van der Waals surface area contributed by atoms with Crippen LogP contribution < -0.4 is 11.3 Å². The normalized spacial score (nSPS) is 18.1. The van der Waals surface area contributed by atoms with Crippen molar-refractivity contribution in [2.24, 2.45) is 12.8 Å². The quantitative estimate of drug-likeness (QED) is 0.862. The van der Waals surface area contributed by atoms with E-state index in [2.05, 4.69) is 15.1 Å². The van der Waals surface area contributed by atoms with E-state index in [-0.39, 0.29) is 5.56 Å². The number of rotatable bonds is 2. The minimum Gasteiger partial charge on any atom is -0.319 e. The zero-order valence-corrected chi connectivity index (χ0v) is 11.6. The highest BCUT2D eigenvalue weighted by molar-refractivity contribution is 5.56. The highest BCUT2D eigenvalue weighted by Crippen LogP contribution is 2.32. The van der Waals surface area contributed by atoms with Crippen molar-refractivity contribution < 1.29 is 0 Å². The van der Waals surface area contributed by atoms with Gasteiger partial charge in [-0.15, -0.1) is 0 Å². The number of aromatic nitrogens is 4. The Kier molecular flexibility index (Phi) is 3.17. The van der Waals surface area contributed by atoms with Crippen LogP contribution in [0.25, 0.3) is 11.3 Å². The Morgan fingerprint density at radius 3 is 2.75 bits per heavy atom. The van der Waals surface area contributed by atoms with E-state index in [1.165, 1.54) is 12.5 Å². The molecule has 1 aliphatic carbocycles. The fourth-order valence-corrected chi connectivity index (χ4v) is 2.81. The molecule has 2 heterocycles. The highest BCUT2D eigenvalue weighted by atomic mass is 16.1. The van der Waals surface area contributed by atoms with Gasteiger partial charge in [-0.05, 0) is 12.8 Å². The van der Waals surface area contributed by atoms with E-state index in [4.69, 9.17) is 5.73 Å². The number of nitrogens with zero attached hydrogens (tertiary/aromatic N) is 3. The van der Waals surface area contributed by atoms with Gasteiger partial charge in [-0.3, -0.25) is 9.48 Å². The van der Waals surface area contributed by atoms with Crippen molar-refractivity contribution in [1.82, 2.24) is 19.7 Å². The van der Waals surface area contributed by atoms with Crippen molar-refractivity contribution in [2.45, 2.75) is 37.6 Å². The number of aromatic amines is 1. The smallest absolute Gasteiger partial charge is 0.251 e. The van der Waals surface area contributed by atoms with Crippen molar-refractivity contribution in [2.75, 3.05) is 0 Å². The van der Waals surface area contributed by atoms with Crippen LogP contribution in [0.15, 0.2) is 23.3 Å². The van der Waals surface area contributed by atoms with Gasteiger partial charge in [0.2, 0.25) is 0 Å². The van der Waals surface area contributed by atoms with Crippen molar-refractivity contribution in [3.05, 3.63) is 34.6 Å². The van der Waals surface area contributed by atoms with Crippen molar-refractivity contribution in [3.63, 3.8) is 0 Å². The molecule has 0 spiro atoms. The molecule has 1 saturated carbocycles. The molecule has 0 aromatic carbocycles. The predicted molar refractivity (Wildman–Crippen MR) is 76.0 cm³/mol. The zero-order chi connectivity index (χ0) is 14.2. The summed E-state index contributed by atoms with van der Waals surface area (Å²) in [5, 5.41) is 4.12. The summed E-state index contributed by atoms with van der Waals surface area (Å²) >= 11 is 0. The van der Waals surface area contributed by atoms with E-state index >= 15 is 0 Å². The zero-order valence-electron chi connectivity index (χ0n) is 11.6. The van der Waals surface area contributed by atoms with Crippen LogP contribution in [0.3, 0.4) is 0 Å². The third kappa shape index (κ3) is 2.38. The van der Waals surface area contributed by atoms with Gasteiger partial charge in [0.1, 0.15) is 5.82 Å². The van der Waals surface area contributed by atoms with Crippen LogP contribution in [0.5, 0.6) is 0 Å². The van der Waals surface area contributed by atoms with Crippen LogP contribution in [0.1, 0.15) is 37.9 Å². The first-order chi connectivity index (χ1) is 9.57. The lowest BCUT2D eigenvalue weighted by molar-refractivity contribution is 0.286. The monoisotopic (exact) mass is 273 g/mol. The van der Waals surface area contributed by atoms with Gasteiger partial charge in [0, 0.05) is 24.9 Å². The number of H-pyrrole nitrogens is 1. The summed E-state index contributed by atoms with van der Waals surface area (Å²) in [7, 11) is 1.84. The van der Waals surface area contributed by atoms with Crippen molar-refractivity contribution >= 4 is 0 Å². The van der Waals surface area contributed by atoms with Gasteiger partial charge in [0.25, 0.3) is 5.56 Å². The molecule has 20 heavy (non-hydrogen) atoms. The molecule has 0 bridgehead atoms. The molecule has 0 radical (unpaired) electrons. The van der Waals surface area contributed by atoms with E-state index in [0.717, 1.165) is 31.2 Å². The molecule has 0 unspecified atom stereocenters. The third-order valence-corrected chi connectivity index (χ3v) is 3.96. The summed E-state index contributed by atoms with van der Waals surface area (Å²) in [5.74, 6) is 0.601. The summed E-state index contributed by atoms with van der Waals surface area (Å²) in [6.07, 6.45) is 8.64. The van der Waals surface area contributed by atoms with Crippen molar-refractivity contribution in [3.8, 4) is 11.3 Å². The second-order valence-electron chi connectivity index (χ2n) is 5.60. The Morgan fingerprint density at radius 1 is 1.35 bits per heavy atom. The van der Waals surface area contributed by atoms with Gasteiger partial charge in [-0.25, -0.2) is 4.98 Å². The van der Waals surface area contributed by atoms with Crippen LogP contribution >= 0.6 is 0 Å². The number of hydrogen-bond acceptors (Lipinski definition) is 4. The van der Waals surface area contributed by atoms with Crippen LogP contribution in [-0.4, -0.2) is 19.7 Å². The Hall–Kier alpha value is -1.95. The summed E-state index contributed by atoms with van der Waals surface area (Å²) in [6, 6.07) is 1.49. The van der Waals surface area contributed by atoms with Crippen LogP contribution in [0, 0.1) is 0 Å². The van der Waals surface area contributed by atoms with Crippen molar-refractivity contribution in [1.29, 1.82) is 0 Å². The molecule has 2 aromatic heterocycles. The molecule has 0 saturated heterocycles. The maximum absolute atomic E-state index is 11.9. The van der Waals surface area contributed by atoms with E-state index in [1.807, 2.05) is 13.2 Å². The summed E-state index contributed by atoms with van der Waals surface area (Å²) in [4.78, 5) is 19.3. The van der Waals surface area contributed by atoms with Crippen LogP contribution in [0.2, 0.25) is 0 Å². The topological polar surface area (TPSA) is 89.6 Å². The van der Waals surface area contributed by atoms with E-state index < -0.39 is 5.54 Å². The van der Waals surface area contributed by atoms with Gasteiger partial charge in [0.15, 0.2) is 0 Å². The predicted octanol–water partition coefficient (Wildman–Crippen LogP) is 1.29. The lowest BCUT2D eigenvalue weighted by Gasteiger charge is -2.32. The standard InChI is InChI=1S/C14H19N5O/c1-19-9-10(8-16-19)11-7-12(20)18-13(17-11)14(15)5-3-2-4-6-14/h7-9H,2-6,15H2,1H3,(H,17,18,20). The summed E-state index contributed by atoms with van der Waals surface area (Å²) in [6.45, 7) is 0. The fraction of sp³-hybridized carbons (Fsp3) is 0.500. The minimum absolute atomic E-state index is 0.163. The first-order valence-corrected chi connectivity index (χ1v) is 6.97. The first-order valence-electron chi connectivity index (χ1n) is 6.97. The Balaban J connectivity index is 2.04. The molecule has 6 nitrogen and oxygen atoms in total. The largest absolute Gasteiger partial charge is 0.319 e. The SMILES string of the molecule is Cn1cc(-c2cc(=O)[nH]c(C3(N)CCCCC3)n2)cn1. The maximum atomic E-state index is 11.9. The average Bonchev–Trinajstić information content (AvgIpc) is 2.86. The maximum Gasteiger partial charge on any atom is 0.251 e. The molecule has 6 heteroatoms. The molecule has 0 aliphatic heterocycles. The lowest BCUT2D eigenvalue weighted by atomic mass is 9.82. The van der Waals surface area contributed by atoms with Crippen LogP contribution in [0.4, 0.5) is 0 Å². The third-order valence-electron chi connectivity index (χ3n) is 3.96. The van der Waals surface area contributed by atoms with E-state index in [0.29, 0.717) is 11.5 Å². The second-order valence-corrected chi connectivity index (χ2v) is 5.60. The van der Waals surface area contributed by atoms with E-state index in [1.54, 1.807) is 10.9 Å². The van der Waals surface area contributed by atoms with Crippen LogP contribution in [-0.2, 0) is 12.6 Å². The molecular weight excluding hydrogens is 254 g/mol. The molecule has 1 aliphatic rings. The average molecular weight is 273 g/mol. The van der Waals surface area contributed by atoms with Gasteiger partial charge >= 0.3 is 0 Å². The van der Waals surface area contributed by atoms with E-state index in [9.17, 15) is 4.79 Å². The first kappa shape index (κ1) is 13.1. The van der Waals surface area contributed by atoms with Gasteiger partial charge in [-0.2, -0.15) is 5.10 Å². The summed E-state index contributed by atoms with van der Waals surface area (Å²) in [5.41, 5.74) is 7.25. The Morgan fingerprint density at radius 2 is 2.10 bits per heavy atom. The summed E-state index contributed by atoms with van der Waals surface area (Å²) < 4.78 is 1.69. The number of hydrogen-bond donors (Lipinski definition) is 2. The molecule has 1 fully saturated rings. The molecule has 3 rings (SSSR count). The molecule has 0 atom stereocenters. The second kappa shape index (κ2) is 4.86. The van der Waals surface area contributed by atoms with Gasteiger partial charge in [0.05, 0.1) is 17.4 Å². The lowest BCUT2D eigenvalue weighted by Crippen LogP contribution is -2.41. The number of nitrogens with one attached hydrogen (secondary N) is 1. The number of aryl methyl sites for hydroxylation is 1. The molecule has 2 aromatic rings. The molecule has 106 valence electrons. The Bertz CT molecular complexity index is 666. The molecule has 0 amide bonds. The molecule has 3 N–H and O–H groups in total. The minimum atomic E-state index is -0.504. The molecular formula is C14H19N5O. The Labute approximate surface area is 117 Å². The van der Waals surface area contributed by atoms with Gasteiger partial charge < -0.3 is 10.7 Å².